The Morgan fingerprint density at radius 3 is 2.62 bits per heavy atom. The molecule has 0 radical (unpaired) electrons. The molecule has 0 unspecified atom stereocenters. The highest BCUT2D eigenvalue weighted by atomic mass is 32.2. The third kappa shape index (κ3) is 4.46. The lowest BCUT2D eigenvalue weighted by molar-refractivity contribution is -0.129. The lowest BCUT2D eigenvalue weighted by Gasteiger charge is -2.26. The summed E-state index contributed by atoms with van der Waals surface area (Å²) in [6.07, 6.45) is 6.80. The Bertz CT molecular complexity index is 455. The molecule has 1 aromatic heterocycles. The van der Waals surface area contributed by atoms with Crippen LogP contribution in [0.3, 0.4) is 0 Å². The SMILES string of the molecule is CCCCc1nnc(SCC(=O)N2CCCCC2)n1CC. The van der Waals surface area contributed by atoms with Crippen molar-refractivity contribution >= 4 is 17.7 Å². The Hall–Kier alpha value is -1.04. The molecule has 21 heavy (non-hydrogen) atoms. The van der Waals surface area contributed by atoms with Crippen LogP contribution >= 0.6 is 11.8 Å². The fourth-order valence-electron chi connectivity index (χ4n) is 2.62. The normalized spacial score (nSPS) is 15.4. The predicted octanol–water partition coefficient (Wildman–Crippen LogP) is 2.75. The van der Waals surface area contributed by atoms with Crippen LogP contribution in [0.2, 0.25) is 0 Å². The van der Waals surface area contributed by atoms with Crippen molar-refractivity contribution in [2.45, 2.75) is 64.1 Å². The van der Waals surface area contributed by atoms with E-state index in [2.05, 4.69) is 28.6 Å². The zero-order valence-corrected chi connectivity index (χ0v) is 14.0. The van der Waals surface area contributed by atoms with Crippen molar-refractivity contribution in [2.24, 2.45) is 0 Å². The van der Waals surface area contributed by atoms with E-state index in [0.29, 0.717) is 5.75 Å². The number of piperidine rings is 1. The molecular formula is C15H26N4OS. The molecule has 0 aliphatic carbocycles. The second-order valence-electron chi connectivity index (χ2n) is 5.48. The van der Waals surface area contributed by atoms with Gasteiger partial charge in [-0.15, -0.1) is 10.2 Å². The second-order valence-corrected chi connectivity index (χ2v) is 6.42. The first-order chi connectivity index (χ1) is 10.3. The molecule has 5 nitrogen and oxygen atoms in total. The zero-order chi connectivity index (χ0) is 15.1. The van der Waals surface area contributed by atoms with Crippen LogP contribution < -0.4 is 0 Å². The highest BCUT2D eigenvalue weighted by Gasteiger charge is 2.18. The molecule has 2 heterocycles. The number of aromatic nitrogens is 3. The third-order valence-electron chi connectivity index (χ3n) is 3.90. The first-order valence-corrected chi connectivity index (χ1v) is 9.07. The van der Waals surface area contributed by atoms with Gasteiger partial charge in [0, 0.05) is 26.1 Å². The fraction of sp³-hybridized carbons (Fsp3) is 0.800. The average Bonchev–Trinajstić information content (AvgIpc) is 2.93. The maximum absolute atomic E-state index is 12.2. The summed E-state index contributed by atoms with van der Waals surface area (Å²) in [5, 5.41) is 9.43. The lowest BCUT2D eigenvalue weighted by Crippen LogP contribution is -2.36. The van der Waals surface area contributed by atoms with E-state index in [9.17, 15) is 4.79 Å². The number of hydrogen-bond donors (Lipinski definition) is 0. The minimum atomic E-state index is 0.237. The Balaban J connectivity index is 1.89. The third-order valence-corrected chi connectivity index (χ3v) is 4.85. The van der Waals surface area contributed by atoms with Gasteiger partial charge in [0.05, 0.1) is 5.75 Å². The molecule has 1 aliphatic heterocycles. The molecule has 0 spiro atoms. The van der Waals surface area contributed by atoms with Crippen LogP contribution in [0.5, 0.6) is 0 Å². The van der Waals surface area contributed by atoms with E-state index in [1.165, 1.54) is 18.2 Å². The van der Waals surface area contributed by atoms with Gasteiger partial charge in [0.25, 0.3) is 0 Å². The number of rotatable bonds is 7. The highest BCUT2D eigenvalue weighted by Crippen LogP contribution is 2.19. The topological polar surface area (TPSA) is 51.0 Å². The van der Waals surface area contributed by atoms with Gasteiger partial charge in [0.2, 0.25) is 5.91 Å². The summed E-state index contributed by atoms with van der Waals surface area (Å²) < 4.78 is 2.14. The van der Waals surface area contributed by atoms with Gasteiger partial charge in [-0.1, -0.05) is 25.1 Å². The number of aryl methyl sites for hydroxylation is 1. The molecular weight excluding hydrogens is 284 g/mol. The van der Waals surface area contributed by atoms with E-state index in [1.54, 1.807) is 0 Å². The maximum atomic E-state index is 12.2. The Morgan fingerprint density at radius 2 is 1.95 bits per heavy atom. The van der Waals surface area contributed by atoms with E-state index < -0.39 is 0 Å². The predicted molar refractivity (Wildman–Crippen MR) is 85.5 cm³/mol. The summed E-state index contributed by atoms with van der Waals surface area (Å²) >= 11 is 1.53. The van der Waals surface area contributed by atoms with Crippen molar-refractivity contribution in [3.8, 4) is 0 Å². The average molecular weight is 310 g/mol. The molecule has 0 atom stereocenters. The number of hydrogen-bond acceptors (Lipinski definition) is 4. The molecule has 1 aliphatic rings. The molecule has 1 amide bonds. The van der Waals surface area contributed by atoms with Gasteiger partial charge in [0.1, 0.15) is 5.82 Å². The molecule has 118 valence electrons. The van der Waals surface area contributed by atoms with Gasteiger partial charge in [0.15, 0.2) is 5.16 Å². The van der Waals surface area contributed by atoms with Crippen molar-refractivity contribution < 1.29 is 4.79 Å². The minimum Gasteiger partial charge on any atom is -0.342 e. The lowest BCUT2D eigenvalue weighted by atomic mass is 10.1. The van der Waals surface area contributed by atoms with Gasteiger partial charge in [-0.25, -0.2) is 0 Å². The number of unbranched alkanes of at least 4 members (excludes halogenated alkanes) is 1. The molecule has 0 N–H and O–H groups in total. The van der Waals surface area contributed by atoms with E-state index >= 15 is 0 Å². The molecule has 0 saturated carbocycles. The van der Waals surface area contributed by atoms with E-state index in [1.807, 2.05) is 4.90 Å². The molecule has 6 heteroatoms. The number of thioether (sulfide) groups is 1. The summed E-state index contributed by atoms with van der Waals surface area (Å²) in [6, 6.07) is 0. The van der Waals surface area contributed by atoms with Crippen molar-refractivity contribution in [2.75, 3.05) is 18.8 Å². The van der Waals surface area contributed by atoms with Crippen LogP contribution in [0.25, 0.3) is 0 Å². The number of amides is 1. The monoisotopic (exact) mass is 310 g/mol. The Morgan fingerprint density at radius 1 is 1.19 bits per heavy atom. The summed E-state index contributed by atoms with van der Waals surface area (Å²) in [5.74, 6) is 1.76. The Kier molecular flexibility index (Phi) is 6.54. The van der Waals surface area contributed by atoms with E-state index in [4.69, 9.17) is 0 Å². The van der Waals surface area contributed by atoms with Gasteiger partial charge in [-0.3, -0.25) is 4.79 Å². The summed E-state index contributed by atoms with van der Waals surface area (Å²) in [4.78, 5) is 14.2. The maximum Gasteiger partial charge on any atom is 0.233 e. The van der Waals surface area contributed by atoms with Crippen molar-refractivity contribution in [3.05, 3.63) is 5.82 Å². The van der Waals surface area contributed by atoms with Crippen LogP contribution in [-0.2, 0) is 17.8 Å². The van der Waals surface area contributed by atoms with E-state index in [-0.39, 0.29) is 5.91 Å². The molecule has 1 aromatic rings. The van der Waals surface area contributed by atoms with Crippen LogP contribution in [0.15, 0.2) is 5.16 Å². The van der Waals surface area contributed by atoms with Gasteiger partial charge in [-0.2, -0.15) is 0 Å². The molecule has 0 bridgehead atoms. The zero-order valence-electron chi connectivity index (χ0n) is 13.2. The quantitative estimate of drug-likeness (QED) is 0.727. The fourth-order valence-corrected chi connectivity index (χ4v) is 3.55. The van der Waals surface area contributed by atoms with Gasteiger partial charge in [-0.05, 0) is 32.6 Å². The number of carbonyl (C=O) groups excluding carboxylic acids is 1. The number of likely N-dealkylation sites (tertiary alicyclic amines) is 1. The van der Waals surface area contributed by atoms with Gasteiger partial charge < -0.3 is 9.47 Å². The van der Waals surface area contributed by atoms with Crippen molar-refractivity contribution in [3.63, 3.8) is 0 Å². The smallest absolute Gasteiger partial charge is 0.233 e. The number of nitrogens with zero attached hydrogens (tertiary/aromatic N) is 4. The first kappa shape index (κ1) is 16.3. The standard InChI is InChI=1S/C15H26N4OS/c1-3-5-9-13-16-17-15(19(13)4-2)21-12-14(20)18-10-7-6-8-11-18/h3-12H2,1-2H3. The van der Waals surface area contributed by atoms with Crippen LogP contribution in [0.1, 0.15) is 51.8 Å². The summed E-state index contributed by atoms with van der Waals surface area (Å²) in [5.41, 5.74) is 0. The van der Waals surface area contributed by atoms with Crippen LogP contribution in [-0.4, -0.2) is 44.4 Å². The van der Waals surface area contributed by atoms with Crippen LogP contribution in [0.4, 0.5) is 0 Å². The molecule has 2 rings (SSSR count). The summed E-state index contributed by atoms with van der Waals surface area (Å²) in [7, 11) is 0. The van der Waals surface area contributed by atoms with Crippen molar-refractivity contribution in [1.29, 1.82) is 0 Å². The van der Waals surface area contributed by atoms with E-state index in [0.717, 1.165) is 62.7 Å². The van der Waals surface area contributed by atoms with Crippen molar-refractivity contribution in [1.82, 2.24) is 19.7 Å². The number of carbonyl (C=O) groups is 1. The molecule has 1 fully saturated rings. The second kappa shape index (κ2) is 8.41. The van der Waals surface area contributed by atoms with Crippen LogP contribution in [0, 0.1) is 0 Å². The molecule has 1 saturated heterocycles. The Labute approximate surface area is 131 Å². The largest absolute Gasteiger partial charge is 0.342 e. The minimum absolute atomic E-state index is 0.237. The van der Waals surface area contributed by atoms with Gasteiger partial charge >= 0.3 is 0 Å². The molecule has 0 aromatic carbocycles. The highest BCUT2D eigenvalue weighted by molar-refractivity contribution is 7.99. The first-order valence-electron chi connectivity index (χ1n) is 8.08. The summed E-state index contributed by atoms with van der Waals surface area (Å²) in [6.45, 7) is 6.99.